The molecule has 0 saturated carbocycles. The summed E-state index contributed by atoms with van der Waals surface area (Å²) in [7, 11) is -3.85. The van der Waals surface area contributed by atoms with Crippen LogP contribution < -0.4 is 10.5 Å². The summed E-state index contributed by atoms with van der Waals surface area (Å²) < 4.78 is 28.6. The van der Waals surface area contributed by atoms with Crippen molar-refractivity contribution in [1.29, 1.82) is 0 Å². The van der Waals surface area contributed by atoms with Crippen LogP contribution in [0.2, 0.25) is 0 Å². The number of carbonyl (C=O) groups is 1. The van der Waals surface area contributed by atoms with Crippen LogP contribution in [0.15, 0.2) is 63.1 Å². The number of nitrogens with two attached hydrogens (primary N) is 1. The van der Waals surface area contributed by atoms with Crippen molar-refractivity contribution in [1.82, 2.24) is 10.2 Å². The van der Waals surface area contributed by atoms with Crippen LogP contribution in [0.4, 0.5) is 5.69 Å². The Hall–Kier alpha value is -2.69. The Bertz CT molecular complexity index is 1180. The van der Waals surface area contributed by atoms with Gasteiger partial charge < -0.3 is 9.73 Å². The first-order chi connectivity index (χ1) is 14.4. The summed E-state index contributed by atoms with van der Waals surface area (Å²) in [6.07, 6.45) is 0. The fourth-order valence-corrected chi connectivity index (χ4v) is 3.93. The van der Waals surface area contributed by atoms with E-state index in [-0.39, 0.29) is 21.4 Å². The van der Waals surface area contributed by atoms with Gasteiger partial charge in [0.1, 0.15) is 0 Å². The lowest BCUT2D eigenvalue weighted by Gasteiger charge is -2.18. The van der Waals surface area contributed by atoms with E-state index in [2.05, 4.69) is 36.3 Å². The van der Waals surface area contributed by atoms with Crippen LogP contribution in [0.5, 0.6) is 0 Å². The van der Waals surface area contributed by atoms with E-state index >= 15 is 0 Å². The fourth-order valence-electron chi connectivity index (χ4n) is 2.69. The number of sulfonamides is 1. The highest BCUT2D eigenvalue weighted by molar-refractivity contribution is 8.00. The van der Waals surface area contributed by atoms with Gasteiger partial charge in [-0.1, -0.05) is 50.7 Å². The first-order valence-electron chi connectivity index (χ1n) is 9.48. The van der Waals surface area contributed by atoms with Crippen LogP contribution in [0.1, 0.15) is 33.3 Å². The van der Waals surface area contributed by atoms with Crippen LogP contribution in [0, 0.1) is 0 Å². The molecule has 0 fully saturated rings. The summed E-state index contributed by atoms with van der Waals surface area (Å²) in [6.45, 7) is 8.11. The van der Waals surface area contributed by atoms with E-state index in [4.69, 9.17) is 9.56 Å². The number of carbonyl (C=O) groups excluding carboxylic acids is 1. The average molecular weight is 461 g/mol. The number of primary sulfonamides is 1. The van der Waals surface area contributed by atoms with E-state index in [1.807, 2.05) is 24.3 Å². The van der Waals surface area contributed by atoms with Gasteiger partial charge in [-0.2, -0.15) is 0 Å². The number of thioether (sulfide) groups is 1. The Labute approximate surface area is 185 Å². The minimum atomic E-state index is -3.85. The Morgan fingerprint density at radius 2 is 1.81 bits per heavy atom. The number of amides is 1. The fraction of sp³-hybridized carbons (Fsp3) is 0.286. The Balaban J connectivity index is 1.66. The van der Waals surface area contributed by atoms with Crippen LogP contribution in [0.3, 0.4) is 0 Å². The van der Waals surface area contributed by atoms with Gasteiger partial charge in [-0.3, -0.25) is 4.79 Å². The van der Waals surface area contributed by atoms with Gasteiger partial charge >= 0.3 is 0 Å². The predicted octanol–water partition coefficient (Wildman–Crippen LogP) is 3.80. The molecule has 0 spiro atoms. The SMILES string of the molecule is CC(Sc1nnc(-c2ccc(C(C)(C)C)cc2)o1)C(=O)Nc1cccc(S(N)(=O)=O)c1. The lowest BCUT2D eigenvalue weighted by Crippen LogP contribution is -2.22. The number of nitrogens with one attached hydrogen (secondary N) is 1. The van der Waals surface area contributed by atoms with E-state index < -0.39 is 15.3 Å². The molecule has 0 aliphatic rings. The lowest BCUT2D eigenvalue weighted by atomic mass is 9.87. The van der Waals surface area contributed by atoms with Crippen molar-refractivity contribution in [2.24, 2.45) is 5.14 Å². The number of hydrogen-bond donors (Lipinski definition) is 2. The molecule has 1 amide bonds. The van der Waals surface area contributed by atoms with Crippen LogP contribution in [-0.2, 0) is 20.2 Å². The number of nitrogens with zero attached hydrogens (tertiary/aromatic N) is 2. The third-order valence-corrected chi connectivity index (χ3v) is 6.33. The molecule has 10 heteroatoms. The molecule has 0 aliphatic carbocycles. The van der Waals surface area contributed by atoms with E-state index in [1.54, 1.807) is 13.0 Å². The molecule has 3 N–H and O–H groups in total. The zero-order chi connectivity index (χ0) is 22.8. The molecule has 3 rings (SSSR count). The molecule has 1 atom stereocenters. The lowest BCUT2D eigenvalue weighted by molar-refractivity contribution is -0.115. The van der Waals surface area contributed by atoms with Crippen molar-refractivity contribution >= 4 is 33.4 Å². The molecular weight excluding hydrogens is 436 g/mol. The average Bonchev–Trinajstić information content (AvgIpc) is 3.15. The number of aromatic nitrogens is 2. The van der Waals surface area contributed by atoms with Gasteiger partial charge in [-0.25, -0.2) is 13.6 Å². The molecule has 1 aromatic heterocycles. The van der Waals surface area contributed by atoms with Crippen molar-refractivity contribution in [2.75, 3.05) is 5.32 Å². The van der Waals surface area contributed by atoms with Crippen molar-refractivity contribution in [2.45, 2.75) is 48.5 Å². The highest BCUT2D eigenvalue weighted by Crippen LogP contribution is 2.29. The van der Waals surface area contributed by atoms with E-state index in [1.165, 1.54) is 23.8 Å². The number of benzene rings is 2. The summed E-state index contributed by atoms with van der Waals surface area (Å²) in [4.78, 5) is 12.4. The van der Waals surface area contributed by atoms with Crippen molar-refractivity contribution in [3.63, 3.8) is 0 Å². The quantitative estimate of drug-likeness (QED) is 0.535. The molecule has 0 radical (unpaired) electrons. The maximum absolute atomic E-state index is 12.5. The summed E-state index contributed by atoms with van der Waals surface area (Å²) in [5.41, 5.74) is 2.37. The molecule has 0 aliphatic heterocycles. The van der Waals surface area contributed by atoms with Gasteiger partial charge in [0.25, 0.3) is 5.22 Å². The second-order valence-electron chi connectivity index (χ2n) is 8.02. The molecule has 164 valence electrons. The van der Waals surface area contributed by atoms with E-state index in [0.717, 1.165) is 17.3 Å². The maximum atomic E-state index is 12.5. The topological polar surface area (TPSA) is 128 Å². The minimum absolute atomic E-state index is 0.0467. The summed E-state index contributed by atoms with van der Waals surface area (Å²) >= 11 is 1.11. The highest BCUT2D eigenvalue weighted by atomic mass is 32.2. The largest absolute Gasteiger partial charge is 0.411 e. The summed E-state index contributed by atoms with van der Waals surface area (Å²) in [6, 6.07) is 13.6. The second-order valence-corrected chi connectivity index (χ2v) is 10.9. The molecule has 0 bridgehead atoms. The minimum Gasteiger partial charge on any atom is -0.411 e. The third-order valence-electron chi connectivity index (χ3n) is 4.48. The van der Waals surface area contributed by atoms with Gasteiger partial charge in [-0.05, 0) is 48.2 Å². The van der Waals surface area contributed by atoms with Crippen molar-refractivity contribution in [3.8, 4) is 11.5 Å². The predicted molar refractivity (Wildman–Crippen MR) is 120 cm³/mol. The van der Waals surface area contributed by atoms with E-state index in [9.17, 15) is 13.2 Å². The molecule has 0 saturated heterocycles. The first kappa shape index (κ1) is 23.0. The molecule has 31 heavy (non-hydrogen) atoms. The van der Waals surface area contributed by atoms with Crippen LogP contribution >= 0.6 is 11.8 Å². The zero-order valence-electron chi connectivity index (χ0n) is 17.6. The Morgan fingerprint density at radius 1 is 1.13 bits per heavy atom. The molecule has 3 aromatic rings. The maximum Gasteiger partial charge on any atom is 0.277 e. The monoisotopic (exact) mass is 460 g/mol. The van der Waals surface area contributed by atoms with Crippen molar-refractivity contribution in [3.05, 3.63) is 54.1 Å². The van der Waals surface area contributed by atoms with Gasteiger partial charge in [0, 0.05) is 11.3 Å². The smallest absolute Gasteiger partial charge is 0.277 e. The summed E-state index contributed by atoms with van der Waals surface area (Å²) in [5, 5.41) is 15.6. The highest BCUT2D eigenvalue weighted by Gasteiger charge is 2.20. The van der Waals surface area contributed by atoms with Crippen molar-refractivity contribution < 1.29 is 17.6 Å². The second kappa shape index (κ2) is 8.81. The standard InChI is InChI=1S/C21H24N4O4S2/c1-13(18(26)23-16-6-5-7-17(12-16)31(22,27)28)30-20-25-24-19(29-20)14-8-10-15(11-9-14)21(2,3)4/h5-13H,1-4H3,(H,23,26)(H2,22,27,28). The normalized spacial score (nSPS) is 13.1. The van der Waals surface area contributed by atoms with E-state index in [0.29, 0.717) is 11.6 Å². The Kier molecular flexibility index (Phi) is 6.54. The first-order valence-corrected chi connectivity index (χ1v) is 11.9. The molecule has 2 aromatic carbocycles. The molecule has 1 unspecified atom stereocenters. The zero-order valence-corrected chi connectivity index (χ0v) is 19.3. The van der Waals surface area contributed by atoms with Gasteiger partial charge in [0.15, 0.2) is 0 Å². The number of hydrogen-bond acceptors (Lipinski definition) is 7. The molecule has 8 nitrogen and oxygen atoms in total. The van der Waals surface area contributed by atoms with Gasteiger partial charge in [0.2, 0.25) is 21.8 Å². The van der Waals surface area contributed by atoms with Gasteiger partial charge in [0.05, 0.1) is 10.1 Å². The summed E-state index contributed by atoms with van der Waals surface area (Å²) in [5.74, 6) is 0.0299. The van der Waals surface area contributed by atoms with Crippen LogP contribution in [-0.4, -0.2) is 29.8 Å². The van der Waals surface area contributed by atoms with Gasteiger partial charge in [-0.15, -0.1) is 10.2 Å². The molecule has 1 heterocycles. The molecular formula is C21H24N4O4S2. The Morgan fingerprint density at radius 3 is 2.42 bits per heavy atom. The number of rotatable bonds is 6. The van der Waals surface area contributed by atoms with Crippen LogP contribution in [0.25, 0.3) is 11.5 Å². The third kappa shape index (κ3) is 5.93. The number of anilines is 1.